The minimum absolute atomic E-state index is 0.0529. The fraction of sp³-hybridized carbons (Fsp3) is 0.619. The zero-order valence-corrected chi connectivity index (χ0v) is 17.2. The predicted octanol–water partition coefficient (Wildman–Crippen LogP) is 1.98. The van der Waals surface area contributed by atoms with Crippen molar-refractivity contribution < 1.29 is 4.79 Å². The van der Waals surface area contributed by atoms with Gasteiger partial charge in [-0.15, -0.1) is 0 Å². The van der Waals surface area contributed by atoms with Crippen molar-refractivity contribution in [1.29, 1.82) is 0 Å². The first-order chi connectivity index (χ1) is 13.9. The molecule has 0 atom stereocenters. The average Bonchev–Trinajstić information content (AvgIpc) is 3.39. The number of carbonyl (C=O) groups excluding carboxylic acids is 1. The molecule has 0 aromatic carbocycles. The Hall–Kier alpha value is -2.48. The minimum Gasteiger partial charge on any atom is -0.368 e. The van der Waals surface area contributed by atoms with Crippen LogP contribution in [0, 0.1) is 0 Å². The highest BCUT2D eigenvalue weighted by molar-refractivity contribution is 5.96. The van der Waals surface area contributed by atoms with Crippen molar-refractivity contribution in [3.05, 3.63) is 23.0 Å². The van der Waals surface area contributed by atoms with Crippen LogP contribution in [-0.4, -0.2) is 68.1 Å². The zero-order valence-electron chi connectivity index (χ0n) is 17.2. The molecule has 4 heterocycles. The van der Waals surface area contributed by atoms with Crippen molar-refractivity contribution in [2.45, 2.75) is 57.4 Å². The second-order valence-corrected chi connectivity index (χ2v) is 9.25. The largest absolute Gasteiger partial charge is 0.368 e. The molecule has 1 aliphatic carbocycles. The van der Waals surface area contributed by atoms with E-state index >= 15 is 0 Å². The third-order valence-corrected chi connectivity index (χ3v) is 6.81. The van der Waals surface area contributed by atoms with Gasteiger partial charge in [-0.2, -0.15) is 5.10 Å². The van der Waals surface area contributed by atoms with E-state index in [1.165, 1.54) is 25.9 Å². The van der Waals surface area contributed by atoms with Crippen LogP contribution in [0.2, 0.25) is 0 Å². The van der Waals surface area contributed by atoms with E-state index in [0.717, 1.165) is 54.9 Å². The maximum Gasteiger partial charge on any atom is 0.272 e. The standard InChI is InChI=1S/C21H29N7O/c1-21(2)11-13-12-23-20(22)24-16(13)17-15(21)18(26-25-17)19(29)28-9-5-14(6-10-28)27-7-3-4-8-27/h12,14H,3-11H2,1-2H3,(H,25,26)(H2,22,23,24). The maximum atomic E-state index is 13.4. The Balaban J connectivity index is 1.41. The molecule has 2 saturated heterocycles. The monoisotopic (exact) mass is 395 g/mol. The Morgan fingerprint density at radius 3 is 2.62 bits per heavy atom. The molecule has 3 aliphatic rings. The first-order valence-electron chi connectivity index (χ1n) is 10.7. The highest BCUT2D eigenvalue weighted by atomic mass is 16.2. The van der Waals surface area contributed by atoms with Crippen molar-refractivity contribution in [1.82, 2.24) is 30.0 Å². The molecule has 3 N–H and O–H groups in total. The van der Waals surface area contributed by atoms with Crippen LogP contribution in [0.1, 0.15) is 61.1 Å². The number of H-pyrrole nitrogens is 1. The number of aromatic amines is 1. The van der Waals surface area contributed by atoms with Crippen LogP contribution >= 0.6 is 0 Å². The van der Waals surface area contributed by atoms with Gasteiger partial charge in [0.1, 0.15) is 11.4 Å². The lowest BCUT2D eigenvalue weighted by atomic mass is 9.73. The lowest BCUT2D eigenvalue weighted by Gasteiger charge is -2.37. The molecule has 29 heavy (non-hydrogen) atoms. The quantitative estimate of drug-likeness (QED) is 0.806. The van der Waals surface area contributed by atoms with Gasteiger partial charge < -0.3 is 15.5 Å². The molecule has 1 amide bonds. The summed E-state index contributed by atoms with van der Waals surface area (Å²) in [6.07, 6.45) is 7.26. The Kier molecular flexibility index (Phi) is 4.34. The molecule has 8 nitrogen and oxygen atoms in total. The molecular formula is C21H29N7O. The molecule has 2 aromatic rings. The van der Waals surface area contributed by atoms with E-state index in [-0.39, 0.29) is 17.3 Å². The summed E-state index contributed by atoms with van der Waals surface area (Å²) in [5.74, 6) is 0.284. The number of hydrogen-bond acceptors (Lipinski definition) is 6. The Labute approximate surface area is 170 Å². The number of rotatable bonds is 2. The molecule has 0 spiro atoms. The van der Waals surface area contributed by atoms with Crippen LogP contribution in [0.4, 0.5) is 5.95 Å². The molecule has 2 aromatic heterocycles. The van der Waals surface area contributed by atoms with E-state index in [1.54, 1.807) is 6.20 Å². The van der Waals surface area contributed by atoms with Crippen molar-refractivity contribution in [3.63, 3.8) is 0 Å². The van der Waals surface area contributed by atoms with Gasteiger partial charge in [-0.3, -0.25) is 9.89 Å². The number of likely N-dealkylation sites (tertiary alicyclic amines) is 2. The molecule has 2 aliphatic heterocycles. The number of amides is 1. The van der Waals surface area contributed by atoms with Crippen LogP contribution in [0.15, 0.2) is 6.20 Å². The van der Waals surface area contributed by atoms with Crippen molar-refractivity contribution in [3.8, 4) is 11.4 Å². The van der Waals surface area contributed by atoms with E-state index < -0.39 is 0 Å². The molecule has 0 radical (unpaired) electrons. The summed E-state index contributed by atoms with van der Waals surface area (Å²) in [5, 5.41) is 7.54. The molecule has 154 valence electrons. The van der Waals surface area contributed by atoms with Crippen LogP contribution in [0.5, 0.6) is 0 Å². The average molecular weight is 396 g/mol. The van der Waals surface area contributed by atoms with Crippen LogP contribution < -0.4 is 5.73 Å². The molecule has 0 saturated carbocycles. The second kappa shape index (κ2) is 6.79. The van der Waals surface area contributed by atoms with Gasteiger partial charge in [0.2, 0.25) is 5.95 Å². The molecule has 8 heteroatoms. The lowest BCUT2D eigenvalue weighted by Crippen LogP contribution is -2.46. The predicted molar refractivity (Wildman–Crippen MR) is 110 cm³/mol. The van der Waals surface area contributed by atoms with Crippen LogP contribution in [0.3, 0.4) is 0 Å². The summed E-state index contributed by atoms with van der Waals surface area (Å²) in [6.45, 7) is 8.34. The number of nitrogens with one attached hydrogen (secondary N) is 1. The fourth-order valence-corrected chi connectivity index (χ4v) is 5.35. The summed E-state index contributed by atoms with van der Waals surface area (Å²) >= 11 is 0. The van der Waals surface area contributed by atoms with Crippen molar-refractivity contribution in [2.24, 2.45) is 0 Å². The third kappa shape index (κ3) is 3.10. The second-order valence-electron chi connectivity index (χ2n) is 9.25. The van der Waals surface area contributed by atoms with Gasteiger partial charge in [-0.05, 0) is 56.2 Å². The van der Waals surface area contributed by atoms with Gasteiger partial charge in [0.25, 0.3) is 5.91 Å². The number of nitrogen functional groups attached to an aromatic ring is 1. The van der Waals surface area contributed by atoms with Crippen molar-refractivity contribution >= 4 is 11.9 Å². The molecule has 0 unspecified atom stereocenters. The number of aromatic nitrogens is 4. The number of hydrogen-bond donors (Lipinski definition) is 2. The topological polar surface area (TPSA) is 104 Å². The van der Waals surface area contributed by atoms with E-state index in [1.807, 2.05) is 4.90 Å². The third-order valence-electron chi connectivity index (χ3n) is 6.81. The summed E-state index contributed by atoms with van der Waals surface area (Å²) in [4.78, 5) is 26.5. The number of anilines is 1. The number of nitrogens with two attached hydrogens (primary N) is 1. The van der Waals surface area contributed by atoms with Gasteiger partial charge >= 0.3 is 0 Å². The van der Waals surface area contributed by atoms with Gasteiger partial charge in [-0.25, -0.2) is 9.97 Å². The first-order valence-corrected chi connectivity index (χ1v) is 10.7. The highest BCUT2D eigenvalue weighted by Crippen LogP contribution is 2.43. The first kappa shape index (κ1) is 18.5. The summed E-state index contributed by atoms with van der Waals surface area (Å²) in [6, 6.07) is 0.625. The molecule has 0 bridgehead atoms. The van der Waals surface area contributed by atoms with Crippen LogP contribution in [-0.2, 0) is 11.8 Å². The SMILES string of the molecule is CC1(C)Cc2cnc(N)nc2-c2n[nH]c(C(=O)N3CCC(N4CCCC4)CC3)c21. The molecule has 5 rings (SSSR count). The number of nitrogens with zero attached hydrogens (tertiary/aromatic N) is 5. The van der Waals surface area contributed by atoms with Gasteiger partial charge in [0, 0.05) is 30.9 Å². The number of fused-ring (bicyclic) bond motifs is 3. The Morgan fingerprint density at radius 1 is 1.17 bits per heavy atom. The smallest absolute Gasteiger partial charge is 0.272 e. The van der Waals surface area contributed by atoms with Crippen LogP contribution in [0.25, 0.3) is 11.4 Å². The summed E-state index contributed by atoms with van der Waals surface area (Å²) in [5.41, 5.74) is 9.65. The normalized spacial score (nSPS) is 21.8. The number of carbonyl (C=O) groups is 1. The molecular weight excluding hydrogens is 366 g/mol. The zero-order chi connectivity index (χ0) is 20.2. The van der Waals surface area contributed by atoms with E-state index in [0.29, 0.717) is 11.7 Å². The highest BCUT2D eigenvalue weighted by Gasteiger charge is 2.40. The summed E-state index contributed by atoms with van der Waals surface area (Å²) < 4.78 is 0. The minimum atomic E-state index is -0.228. The Morgan fingerprint density at radius 2 is 1.90 bits per heavy atom. The van der Waals surface area contributed by atoms with Crippen molar-refractivity contribution in [2.75, 3.05) is 31.9 Å². The lowest BCUT2D eigenvalue weighted by molar-refractivity contribution is 0.0636. The van der Waals surface area contributed by atoms with Gasteiger partial charge in [-0.1, -0.05) is 13.8 Å². The Bertz CT molecular complexity index is 937. The maximum absolute atomic E-state index is 13.4. The summed E-state index contributed by atoms with van der Waals surface area (Å²) in [7, 11) is 0. The molecule has 2 fully saturated rings. The van der Waals surface area contributed by atoms with E-state index in [9.17, 15) is 4.79 Å². The van der Waals surface area contributed by atoms with Gasteiger partial charge in [0.15, 0.2) is 0 Å². The van der Waals surface area contributed by atoms with Gasteiger partial charge in [0.05, 0.1) is 5.69 Å². The number of piperidine rings is 1. The van der Waals surface area contributed by atoms with E-state index in [2.05, 4.69) is 38.9 Å². The van der Waals surface area contributed by atoms with E-state index in [4.69, 9.17) is 5.73 Å². The fourth-order valence-electron chi connectivity index (χ4n) is 5.35.